The largest absolute Gasteiger partial charge is 0.468 e. The maximum atomic E-state index is 10.9. The number of nitrogens with one attached hydrogen (secondary N) is 1. The van der Waals surface area contributed by atoms with Crippen molar-refractivity contribution >= 4 is 5.97 Å². The van der Waals surface area contributed by atoms with Crippen LogP contribution in [-0.4, -0.2) is 25.7 Å². The van der Waals surface area contributed by atoms with Crippen molar-refractivity contribution in [3.8, 4) is 0 Å². The molecule has 0 saturated heterocycles. The Morgan fingerprint density at radius 3 is 2.50 bits per heavy atom. The summed E-state index contributed by atoms with van der Waals surface area (Å²) in [5, 5.41) is 3.23. The van der Waals surface area contributed by atoms with E-state index >= 15 is 0 Å². The van der Waals surface area contributed by atoms with Gasteiger partial charge in [-0.3, -0.25) is 4.79 Å². The van der Waals surface area contributed by atoms with Crippen LogP contribution < -0.4 is 5.32 Å². The molecule has 0 heterocycles. The van der Waals surface area contributed by atoms with Crippen molar-refractivity contribution in [3.05, 3.63) is 0 Å². The van der Waals surface area contributed by atoms with E-state index in [4.69, 9.17) is 0 Å². The van der Waals surface area contributed by atoms with Crippen LogP contribution in [0.25, 0.3) is 0 Å². The van der Waals surface area contributed by atoms with Crippen molar-refractivity contribution < 1.29 is 9.53 Å². The van der Waals surface area contributed by atoms with Crippen molar-refractivity contribution in [2.24, 2.45) is 0 Å². The second-order valence-corrected chi connectivity index (χ2v) is 3.58. The minimum Gasteiger partial charge on any atom is -0.468 e. The molecule has 1 atom stereocenters. The molecule has 0 aliphatic heterocycles. The Labute approximate surface area is 87.2 Å². The van der Waals surface area contributed by atoms with Gasteiger partial charge >= 0.3 is 5.97 Å². The van der Waals surface area contributed by atoms with Gasteiger partial charge in [0.15, 0.2) is 0 Å². The van der Waals surface area contributed by atoms with E-state index in [1.54, 1.807) is 0 Å². The minimum absolute atomic E-state index is 0.178. The summed E-state index contributed by atoms with van der Waals surface area (Å²) >= 11 is 0. The molecule has 0 amide bonds. The second-order valence-electron chi connectivity index (χ2n) is 3.58. The molecule has 0 aromatic carbocycles. The number of hydrogen-bond donors (Lipinski definition) is 1. The molecule has 0 aromatic rings. The molecule has 0 rings (SSSR count). The summed E-state index contributed by atoms with van der Waals surface area (Å²) < 4.78 is 4.58. The average Bonchev–Trinajstić information content (AvgIpc) is 2.21. The number of esters is 1. The number of methoxy groups -OCH3 is 1. The van der Waals surface area contributed by atoms with Crippen LogP contribution in [-0.2, 0) is 9.53 Å². The third-order valence-corrected chi connectivity index (χ3v) is 2.31. The Bertz CT molecular complexity index is 148. The molecule has 1 unspecified atom stereocenters. The van der Waals surface area contributed by atoms with Gasteiger partial charge in [-0.05, 0) is 12.8 Å². The topological polar surface area (TPSA) is 38.3 Å². The average molecular weight is 201 g/mol. The van der Waals surface area contributed by atoms with Gasteiger partial charge in [0.2, 0.25) is 0 Å². The Morgan fingerprint density at radius 2 is 2.00 bits per heavy atom. The molecule has 84 valence electrons. The third-order valence-electron chi connectivity index (χ3n) is 2.31. The Kier molecular flexibility index (Phi) is 8.64. The predicted octanol–water partition coefficient (Wildman–Crippen LogP) is 2.11. The maximum absolute atomic E-state index is 10.9. The number of unbranched alkanes of at least 4 members (excludes halogenated alkanes) is 1. The lowest BCUT2D eigenvalue weighted by molar-refractivity contribution is -0.139. The van der Waals surface area contributed by atoms with Crippen LogP contribution in [0.5, 0.6) is 0 Å². The summed E-state index contributed by atoms with van der Waals surface area (Å²) in [5.41, 5.74) is 0. The monoisotopic (exact) mass is 201 g/mol. The van der Waals surface area contributed by atoms with Crippen molar-refractivity contribution in [2.75, 3.05) is 13.7 Å². The molecule has 0 saturated carbocycles. The summed E-state index contributed by atoms with van der Waals surface area (Å²) in [6.07, 6.45) is 5.87. The molecule has 3 nitrogen and oxygen atoms in total. The third kappa shape index (κ3) is 6.89. The highest BCUT2D eigenvalue weighted by atomic mass is 16.5. The lowest BCUT2D eigenvalue weighted by Crippen LogP contribution is -2.34. The van der Waals surface area contributed by atoms with E-state index in [2.05, 4.69) is 23.9 Å². The van der Waals surface area contributed by atoms with Crippen LogP contribution in [0.2, 0.25) is 0 Å². The molecule has 0 aliphatic rings. The molecule has 1 N–H and O–H groups in total. The van der Waals surface area contributed by atoms with Crippen molar-refractivity contribution in [2.45, 2.75) is 52.0 Å². The molecule has 0 bridgehead atoms. The molecule has 0 radical (unpaired) electrons. The van der Waals surface area contributed by atoms with Gasteiger partial charge in [0.25, 0.3) is 0 Å². The zero-order valence-electron chi connectivity index (χ0n) is 9.64. The number of carbonyl (C=O) groups is 1. The zero-order valence-corrected chi connectivity index (χ0v) is 9.64. The van der Waals surface area contributed by atoms with Gasteiger partial charge in [-0.2, -0.15) is 0 Å². The first kappa shape index (κ1) is 13.4. The summed E-state index contributed by atoms with van der Waals surface area (Å²) in [7, 11) is 1.42. The van der Waals surface area contributed by atoms with Gasteiger partial charge in [0.05, 0.1) is 13.7 Å². The number of carbonyl (C=O) groups excluding carboxylic acids is 1. The second kappa shape index (κ2) is 9.00. The van der Waals surface area contributed by atoms with Crippen LogP contribution in [0.1, 0.15) is 46.0 Å². The summed E-state index contributed by atoms with van der Waals surface area (Å²) in [6.45, 7) is 4.69. The van der Waals surface area contributed by atoms with Gasteiger partial charge in [-0.25, -0.2) is 0 Å². The minimum atomic E-state index is -0.178. The highest BCUT2D eigenvalue weighted by Gasteiger charge is 2.08. The number of ether oxygens (including phenoxy) is 1. The lowest BCUT2D eigenvalue weighted by atomic mass is 10.1. The molecular weight excluding hydrogens is 178 g/mol. The van der Waals surface area contributed by atoms with Gasteiger partial charge < -0.3 is 10.1 Å². The SMILES string of the molecule is CCCCC(CCC)NCC(=O)OC. The normalized spacial score (nSPS) is 12.5. The van der Waals surface area contributed by atoms with Crippen LogP contribution in [0, 0.1) is 0 Å². The van der Waals surface area contributed by atoms with Crippen molar-refractivity contribution in [1.82, 2.24) is 5.32 Å². The van der Waals surface area contributed by atoms with Gasteiger partial charge in [-0.15, -0.1) is 0 Å². The molecule has 14 heavy (non-hydrogen) atoms. The first-order valence-corrected chi connectivity index (χ1v) is 5.54. The van der Waals surface area contributed by atoms with Crippen LogP contribution >= 0.6 is 0 Å². The molecular formula is C11H23NO2. The number of hydrogen-bond acceptors (Lipinski definition) is 3. The summed E-state index contributed by atoms with van der Waals surface area (Å²) in [4.78, 5) is 10.9. The standard InChI is InChI=1S/C11H23NO2/c1-4-6-8-10(7-5-2)12-9-11(13)14-3/h10,12H,4-9H2,1-3H3. The van der Waals surface area contributed by atoms with Gasteiger partial charge in [-0.1, -0.05) is 33.1 Å². The quantitative estimate of drug-likeness (QED) is 0.611. The Morgan fingerprint density at radius 1 is 1.29 bits per heavy atom. The number of rotatable bonds is 8. The Hall–Kier alpha value is -0.570. The van der Waals surface area contributed by atoms with E-state index in [1.807, 2.05) is 0 Å². The fourth-order valence-corrected chi connectivity index (χ4v) is 1.45. The van der Waals surface area contributed by atoms with E-state index in [9.17, 15) is 4.79 Å². The Balaban J connectivity index is 3.66. The molecule has 3 heteroatoms. The van der Waals surface area contributed by atoms with Crippen molar-refractivity contribution in [1.29, 1.82) is 0 Å². The van der Waals surface area contributed by atoms with Crippen LogP contribution in [0.4, 0.5) is 0 Å². The molecule has 0 spiro atoms. The zero-order chi connectivity index (χ0) is 10.8. The first-order valence-electron chi connectivity index (χ1n) is 5.54. The van der Waals surface area contributed by atoms with Crippen LogP contribution in [0.15, 0.2) is 0 Å². The maximum Gasteiger partial charge on any atom is 0.319 e. The van der Waals surface area contributed by atoms with E-state index in [1.165, 1.54) is 20.0 Å². The van der Waals surface area contributed by atoms with Crippen molar-refractivity contribution in [3.63, 3.8) is 0 Å². The smallest absolute Gasteiger partial charge is 0.319 e. The van der Waals surface area contributed by atoms with E-state index in [0.29, 0.717) is 12.6 Å². The predicted molar refractivity (Wildman–Crippen MR) is 58.2 cm³/mol. The fraction of sp³-hybridized carbons (Fsp3) is 0.909. The summed E-state index contributed by atoms with van der Waals surface area (Å²) in [6, 6.07) is 0.471. The van der Waals surface area contributed by atoms with Gasteiger partial charge in [0, 0.05) is 6.04 Å². The van der Waals surface area contributed by atoms with E-state index < -0.39 is 0 Å². The first-order chi connectivity index (χ1) is 6.74. The van der Waals surface area contributed by atoms with Gasteiger partial charge in [0.1, 0.15) is 0 Å². The van der Waals surface area contributed by atoms with E-state index in [0.717, 1.165) is 19.3 Å². The van der Waals surface area contributed by atoms with E-state index in [-0.39, 0.29) is 5.97 Å². The molecule has 0 aromatic heterocycles. The van der Waals surface area contributed by atoms with Crippen LogP contribution in [0.3, 0.4) is 0 Å². The summed E-state index contributed by atoms with van der Waals surface area (Å²) in [5.74, 6) is -0.178. The molecule has 0 aliphatic carbocycles. The highest BCUT2D eigenvalue weighted by molar-refractivity contribution is 5.71. The molecule has 0 fully saturated rings. The fourth-order valence-electron chi connectivity index (χ4n) is 1.45. The highest BCUT2D eigenvalue weighted by Crippen LogP contribution is 2.06. The lowest BCUT2D eigenvalue weighted by Gasteiger charge is -2.16.